The fraction of sp³-hybridized carbons (Fsp3) is 0.250. The standard InChI is InChI=1S/C16H14ClFO2/c17-12-5-6-13(14(18)8-12)16(19)11-7-10-3-1-2-4-15(10)20-9-11/h1-6,8,11,16,19H,7,9H2. The van der Waals surface area contributed by atoms with Crippen molar-refractivity contribution in [2.75, 3.05) is 6.61 Å². The Hall–Kier alpha value is -1.58. The lowest BCUT2D eigenvalue weighted by Crippen LogP contribution is -2.27. The molecule has 1 heterocycles. The molecule has 0 saturated carbocycles. The van der Waals surface area contributed by atoms with Gasteiger partial charge in [-0.15, -0.1) is 0 Å². The van der Waals surface area contributed by atoms with Crippen molar-refractivity contribution >= 4 is 11.6 Å². The van der Waals surface area contributed by atoms with Crippen LogP contribution in [0.15, 0.2) is 42.5 Å². The lowest BCUT2D eigenvalue weighted by molar-refractivity contribution is 0.0619. The number of fused-ring (bicyclic) bond motifs is 1. The van der Waals surface area contributed by atoms with Gasteiger partial charge < -0.3 is 9.84 Å². The van der Waals surface area contributed by atoms with E-state index in [1.165, 1.54) is 12.1 Å². The fourth-order valence-corrected chi connectivity index (χ4v) is 2.71. The first kappa shape index (κ1) is 13.4. The molecule has 2 unspecified atom stereocenters. The number of aliphatic hydroxyl groups is 1. The summed E-state index contributed by atoms with van der Waals surface area (Å²) in [6.07, 6.45) is -0.236. The predicted octanol–water partition coefficient (Wildman–Crippen LogP) is 3.76. The van der Waals surface area contributed by atoms with Gasteiger partial charge in [0.1, 0.15) is 11.6 Å². The SMILES string of the molecule is OC(c1ccc(Cl)cc1F)C1COc2ccccc2C1. The number of para-hydroxylation sites is 1. The smallest absolute Gasteiger partial charge is 0.130 e. The summed E-state index contributed by atoms with van der Waals surface area (Å²) in [5.74, 6) is 0.192. The molecule has 2 nitrogen and oxygen atoms in total. The average Bonchev–Trinajstić information content (AvgIpc) is 2.46. The van der Waals surface area contributed by atoms with Gasteiger partial charge in [-0.1, -0.05) is 35.9 Å². The van der Waals surface area contributed by atoms with Crippen LogP contribution in [0.2, 0.25) is 5.02 Å². The van der Waals surface area contributed by atoms with E-state index in [-0.39, 0.29) is 11.5 Å². The van der Waals surface area contributed by atoms with E-state index >= 15 is 0 Å². The Bertz CT molecular complexity index is 630. The molecule has 2 aromatic carbocycles. The van der Waals surface area contributed by atoms with Gasteiger partial charge in [0.05, 0.1) is 12.7 Å². The van der Waals surface area contributed by atoms with Crippen molar-refractivity contribution in [2.45, 2.75) is 12.5 Å². The van der Waals surface area contributed by atoms with E-state index in [0.29, 0.717) is 18.1 Å². The maximum absolute atomic E-state index is 13.9. The second-order valence-electron chi connectivity index (χ2n) is 4.99. The largest absolute Gasteiger partial charge is 0.493 e. The van der Waals surface area contributed by atoms with Gasteiger partial charge >= 0.3 is 0 Å². The first-order chi connectivity index (χ1) is 9.65. The lowest BCUT2D eigenvalue weighted by atomic mass is 9.88. The van der Waals surface area contributed by atoms with E-state index in [0.717, 1.165) is 11.3 Å². The first-order valence-corrected chi connectivity index (χ1v) is 6.86. The molecule has 1 aliphatic heterocycles. The zero-order valence-corrected chi connectivity index (χ0v) is 11.5. The molecule has 0 saturated heterocycles. The first-order valence-electron chi connectivity index (χ1n) is 6.49. The Kier molecular flexibility index (Phi) is 3.64. The zero-order chi connectivity index (χ0) is 14.1. The van der Waals surface area contributed by atoms with E-state index in [2.05, 4.69) is 0 Å². The highest BCUT2D eigenvalue weighted by molar-refractivity contribution is 6.30. The van der Waals surface area contributed by atoms with Crippen LogP contribution in [-0.4, -0.2) is 11.7 Å². The number of benzene rings is 2. The molecule has 0 aromatic heterocycles. The van der Waals surface area contributed by atoms with Crippen LogP contribution in [0.3, 0.4) is 0 Å². The van der Waals surface area contributed by atoms with Gasteiger partial charge in [0, 0.05) is 16.5 Å². The van der Waals surface area contributed by atoms with Crippen LogP contribution in [0.1, 0.15) is 17.2 Å². The molecule has 0 radical (unpaired) electrons. The number of halogens is 2. The summed E-state index contributed by atoms with van der Waals surface area (Å²) in [5.41, 5.74) is 1.31. The van der Waals surface area contributed by atoms with E-state index < -0.39 is 11.9 Å². The highest BCUT2D eigenvalue weighted by Crippen LogP contribution is 2.34. The Morgan fingerprint density at radius 3 is 2.85 bits per heavy atom. The van der Waals surface area contributed by atoms with Crippen molar-refractivity contribution in [2.24, 2.45) is 5.92 Å². The topological polar surface area (TPSA) is 29.5 Å². The lowest BCUT2D eigenvalue weighted by Gasteiger charge is -2.29. The molecule has 104 valence electrons. The molecule has 0 bridgehead atoms. The maximum Gasteiger partial charge on any atom is 0.130 e. The summed E-state index contributed by atoms with van der Waals surface area (Å²) >= 11 is 5.73. The molecule has 3 rings (SSSR count). The van der Waals surface area contributed by atoms with E-state index in [9.17, 15) is 9.50 Å². The Labute approximate surface area is 121 Å². The molecular formula is C16H14ClFO2. The molecule has 0 aliphatic carbocycles. The normalized spacial score (nSPS) is 19.1. The highest BCUT2D eigenvalue weighted by Gasteiger charge is 2.28. The monoisotopic (exact) mass is 292 g/mol. The third kappa shape index (κ3) is 2.51. The number of rotatable bonds is 2. The number of hydrogen-bond donors (Lipinski definition) is 1. The van der Waals surface area contributed by atoms with E-state index in [1.807, 2.05) is 24.3 Å². The third-order valence-corrected chi connectivity index (χ3v) is 3.87. The molecule has 20 heavy (non-hydrogen) atoms. The molecule has 4 heteroatoms. The van der Waals surface area contributed by atoms with Gasteiger partial charge in [0.2, 0.25) is 0 Å². The van der Waals surface area contributed by atoms with Crippen LogP contribution in [-0.2, 0) is 6.42 Å². The summed E-state index contributed by atoms with van der Waals surface area (Å²) in [5, 5.41) is 10.7. The van der Waals surface area contributed by atoms with Gasteiger partial charge in [-0.25, -0.2) is 4.39 Å². The molecule has 0 fully saturated rings. The number of hydrogen-bond acceptors (Lipinski definition) is 2. The summed E-state index contributed by atoms with van der Waals surface area (Å²) < 4.78 is 19.5. The number of ether oxygens (including phenoxy) is 1. The highest BCUT2D eigenvalue weighted by atomic mass is 35.5. The maximum atomic E-state index is 13.9. The van der Waals surface area contributed by atoms with Crippen LogP contribution in [0.4, 0.5) is 4.39 Å². The quantitative estimate of drug-likeness (QED) is 0.913. The van der Waals surface area contributed by atoms with Crippen LogP contribution in [0.5, 0.6) is 5.75 Å². The van der Waals surface area contributed by atoms with Gasteiger partial charge in [-0.3, -0.25) is 0 Å². The van der Waals surface area contributed by atoms with Crippen LogP contribution >= 0.6 is 11.6 Å². The summed E-state index contributed by atoms with van der Waals surface area (Å²) in [4.78, 5) is 0. The van der Waals surface area contributed by atoms with Crippen molar-refractivity contribution in [3.63, 3.8) is 0 Å². The Morgan fingerprint density at radius 2 is 2.05 bits per heavy atom. The summed E-state index contributed by atoms with van der Waals surface area (Å²) in [6.45, 7) is 0.375. The van der Waals surface area contributed by atoms with Crippen molar-refractivity contribution in [3.8, 4) is 5.75 Å². The van der Waals surface area contributed by atoms with E-state index in [4.69, 9.17) is 16.3 Å². The average molecular weight is 293 g/mol. The van der Waals surface area contributed by atoms with Crippen LogP contribution in [0, 0.1) is 11.7 Å². The number of aliphatic hydroxyl groups excluding tert-OH is 1. The molecule has 2 aromatic rings. The van der Waals surface area contributed by atoms with E-state index in [1.54, 1.807) is 6.07 Å². The molecule has 2 atom stereocenters. The van der Waals surface area contributed by atoms with Gasteiger partial charge in [0.25, 0.3) is 0 Å². The van der Waals surface area contributed by atoms with Gasteiger partial charge in [-0.2, -0.15) is 0 Å². The van der Waals surface area contributed by atoms with Gasteiger partial charge in [-0.05, 0) is 30.2 Å². The second kappa shape index (κ2) is 5.43. The van der Waals surface area contributed by atoms with Crippen LogP contribution < -0.4 is 4.74 Å². The predicted molar refractivity (Wildman–Crippen MR) is 75.5 cm³/mol. The minimum atomic E-state index is -0.902. The Morgan fingerprint density at radius 1 is 1.25 bits per heavy atom. The second-order valence-corrected chi connectivity index (χ2v) is 5.43. The third-order valence-electron chi connectivity index (χ3n) is 3.64. The molecule has 1 N–H and O–H groups in total. The van der Waals surface area contributed by atoms with Gasteiger partial charge in [0.15, 0.2) is 0 Å². The molecular weight excluding hydrogens is 279 g/mol. The van der Waals surface area contributed by atoms with Crippen molar-refractivity contribution in [3.05, 3.63) is 64.4 Å². The minimum absolute atomic E-state index is 0.166. The Balaban J connectivity index is 1.84. The molecule has 1 aliphatic rings. The fourth-order valence-electron chi connectivity index (χ4n) is 2.55. The van der Waals surface area contributed by atoms with Crippen molar-refractivity contribution in [1.82, 2.24) is 0 Å². The summed E-state index contributed by atoms with van der Waals surface area (Å²) in [7, 11) is 0. The summed E-state index contributed by atoms with van der Waals surface area (Å²) in [6, 6.07) is 12.0. The van der Waals surface area contributed by atoms with Crippen molar-refractivity contribution < 1.29 is 14.2 Å². The zero-order valence-electron chi connectivity index (χ0n) is 10.7. The molecule has 0 amide bonds. The molecule has 0 spiro atoms. The minimum Gasteiger partial charge on any atom is -0.493 e. The van der Waals surface area contributed by atoms with Crippen molar-refractivity contribution in [1.29, 1.82) is 0 Å². The van der Waals surface area contributed by atoms with Crippen LogP contribution in [0.25, 0.3) is 0 Å².